The fraction of sp³-hybridized carbons (Fsp3) is 0.394. The van der Waals surface area contributed by atoms with Crippen LogP contribution < -0.4 is 4.90 Å². The van der Waals surface area contributed by atoms with Gasteiger partial charge in [0.05, 0.1) is 11.1 Å². The second-order valence-electron chi connectivity index (χ2n) is 11.2. The fourth-order valence-corrected chi connectivity index (χ4v) is 6.66. The van der Waals surface area contributed by atoms with Gasteiger partial charge in [0, 0.05) is 30.8 Å². The lowest BCUT2D eigenvalue weighted by Gasteiger charge is -2.23. The van der Waals surface area contributed by atoms with Crippen molar-refractivity contribution < 1.29 is 10.2 Å². The minimum absolute atomic E-state index is 0.196. The van der Waals surface area contributed by atoms with Gasteiger partial charge in [0.15, 0.2) is 0 Å². The van der Waals surface area contributed by atoms with E-state index in [0.29, 0.717) is 11.1 Å². The summed E-state index contributed by atoms with van der Waals surface area (Å²) in [5, 5.41) is 22.0. The van der Waals surface area contributed by atoms with E-state index in [2.05, 4.69) is 74.3 Å². The molecule has 2 aromatic rings. The molecule has 0 bridgehead atoms. The van der Waals surface area contributed by atoms with Crippen LogP contribution in [0.4, 0.5) is 5.69 Å². The summed E-state index contributed by atoms with van der Waals surface area (Å²) in [5.74, 6) is 0.671. The van der Waals surface area contributed by atoms with Gasteiger partial charge < -0.3 is 15.1 Å². The first-order chi connectivity index (χ1) is 16.9. The Morgan fingerprint density at radius 3 is 1.75 bits per heavy atom. The Kier molecular flexibility index (Phi) is 5.55. The van der Waals surface area contributed by atoms with Gasteiger partial charge in [0.2, 0.25) is 0 Å². The number of hydrogen-bond donors (Lipinski definition) is 2. The van der Waals surface area contributed by atoms with Gasteiger partial charge in [-0.05, 0) is 135 Å². The van der Waals surface area contributed by atoms with Gasteiger partial charge in [-0.15, -0.1) is 0 Å². The monoisotopic (exact) mass is 481 g/mol. The first-order valence-electron chi connectivity index (χ1n) is 13.1. The van der Waals surface area contributed by atoms with E-state index in [0.717, 1.165) is 18.5 Å². The van der Waals surface area contributed by atoms with Crippen molar-refractivity contribution in [2.45, 2.75) is 81.1 Å². The molecule has 0 spiro atoms. The standard InChI is InChI=1S/C33H39NO2/c1-15-17(3)21(7)30-23(9)24(11-26(30)19(15)5)12-28-32(35)29(33(28)36)14-25-13-27-20(6)16(2)18(4)22(8)31(27)34(25)10/h12,14,23,35-36H,11,13H2,1-10H3. The maximum atomic E-state index is 11.0. The number of fused-ring (bicyclic) bond motifs is 2. The summed E-state index contributed by atoms with van der Waals surface area (Å²) < 4.78 is 0. The Labute approximate surface area is 216 Å². The SMILES string of the molecule is Cc1c(C)c(C)c2c(c1C)CC(=CC1=C(O)C(C=C3Cc4c(C)c(C)c(C)c(C)c4N3C)=C1O)C2C. The van der Waals surface area contributed by atoms with Crippen molar-refractivity contribution in [2.24, 2.45) is 0 Å². The predicted octanol–water partition coefficient (Wildman–Crippen LogP) is 7.95. The summed E-state index contributed by atoms with van der Waals surface area (Å²) in [6, 6.07) is 0. The Balaban J connectivity index is 1.46. The number of benzene rings is 2. The van der Waals surface area contributed by atoms with Gasteiger partial charge in [0.25, 0.3) is 0 Å². The molecular formula is C33H39NO2. The smallest absolute Gasteiger partial charge is 0.137 e. The Hall–Kier alpha value is -3.20. The number of nitrogens with zero attached hydrogens (tertiary/aromatic N) is 1. The quantitative estimate of drug-likeness (QED) is 0.457. The van der Waals surface area contributed by atoms with E-state index in [1.807, 2.05) is 12.2 Å². The van der Waals surface area contributed by atoms with Crippen molar-refractivity contribution in [2.75, 3.05) is 11.9 Å². The Morgan fingerprint density at radius 2 is 1.14 bits per heavy atom. The van der Waals surface area contributed by atoms with Crippen LogP contribution in [0.1, 0.15) is 74.0 Å². The minimum Gasteiger partial charge on any atom is -0.506 e. The molecule has 3 aliphatic rings. The van der Waals surface area contributed by atoms with Crippen LogP contribution in [0.3, 0.4) is 0 Å². The summed E-state index contributed by atoms with van der Waals surface area (Å²) in [5.41, 5.74) is 19.8. The van der Waals surface area contributed by atoms with E-state index in [9.17, 15) is 10.2 Å². The first kappa shape index (κ1) is 24.5. The summed E-state index contributed by atoms with van der Waals surface area (Å²) in [6.07, 6.45) is 5.67. The molecule has 3 nitrogen and oxygen atoms in total. The molecule has 0 saturated carbocycles. The maximum absolute atomic E-state index is 11.0. The molecule has 0 aromatic heterocycles. The molecule has 3 heteroatoms. The Bertz CT molecular complexity index is 1370. The molecule has 0 saturated heterocycles. The zero-order valence-electron chi connectivity index (χ0n) is 23.5. The van der Waals surface area contributed by atoms with E-state index >= 15 is 0 Å². The normalized spacial score (nSPS) is 21.2. The third kappa shape index (κ3) is 3.18. The molecule has 36 heavy (non-hydrogen) atoms. The van der Waals surface area contributed by atoms with Crippen molar-refractivity contribution in [3.63, 3.8) is 0 Å². The average Bonchev–Trinajstić information content (AvgIpc) is 3.37. The van der Waals surface area contributed by atoms with Gasteiger partial charge in [-0.2, -0.15) is 0 Å². The van der Waals surface area contributed by atoms with Gasteiger partial charge >= 0.3 is 0 Å². The summed E-state index contributed by atoms with van der Waals surface area (Å²) >= 11 is 0. The third-order valence-electron chi connectivity index (χ3n) is 9.81. The number of aliphatic hydroxyl groups excluding tert-OH is 2. The van der Waals surface area contributed by atoms with Crippen molar-refractivity contribution in [3.8, 4) is 0 Å². The lowest BCUT2D eigenvalue weighted by molar-refractivity contribution is 0.354. The molecule has 2 aromatic carbocycles. The summed E-state index contributed by atoms with van der Waals surface area (Å²) in [6.45, 7) is 19.9. The van der Waals surface area contributed by atoms with E-state index in [1.165, 1.54) is 72.5 Å². The number of allylic oxidation sites excluding steroid dienone is 4. The highest BCUT2D eigenvalue weighted by Gasteiger charge is 2.34. The number of aliphatic hydroxyl groups is 2. The summed E-state index contributed by atoms with van der Waals surface area (Å²) in [4.78, 5) is 2.22. The molecule has 1 heterocycles. The number of rotatable bonds is 2. The highest BCUT2D eigenvalue weighted by Crippen LogP contribution is 2.46. The van der Waals surface area contributed by atoms with Crippen LogP contribution in [0.5, 0.6) is 0 Å². The van der Waals surface area contributed by atoms with Crippen molar-refractivity contribution in [1.29, 1.82) is 0 Å². The lowest BCUT2D eigenvalue weighted by atomic mass is 9.87. The predicted molar refractivity (Wildman–Crippen MR) is 150 cm³/mol. The molecule has 5 rings (SSSR count). The van der Waals surface area contributed by atoms with E-state index in [4.69, 9.17) is 0 Å². The average molecular weight is 482 g/mol. The highest BCUT2D eigenvalue weighted by atomic mass is 16.3. The number of anilines is 1. The minimum atomic E-state index is 0.196. The van der Waals surface area contributed by atoms with E-state index < -0.39 is 0 Å². The van der Waals surface area contributed by atoms with Crippen molar-refractivity contribution >= 4 is 5.69 Å². The maximum Gasteiger partial charge on any atom is 0.137 e. The van der Waals surface area contributed by atoms with Gasteiger partial charge in [0.1, 0.15) is 11.5 Å². The van der Waals surface area contributed by atoms with Crippen LogP contribution in [0.25, 0.3) is 0 Å². The topological polar surface area (TPSA) is 43.7 Å². The summed E-state index contributed by atoms with van der Waals surface area (Å²) in [7, 11) is 2.09. The molecule has 2 aliphatic carbocycles. The van der Waals surface area contributed by atoms with Crippen LogP contribution in [0, 0.1) is 55.4 Å². The molecule has 2 N–H and O–H groups in total. The lowest BCUT2D eigenvalue weighted by Crippen LogP contribution is -2.16. The Morgan fingerprint density at radius 1 is 0.639 bits per heavy atom. The largest absolute Gasteiger partial charge is 0.506 e. The molecule has 1 atom stereocenters. The van der Waals surface area contributed by atoms with Crippen LogP contribution in [0.2, 0.25) is 0 Å². The second kappa shape index (κ2) is 8.16. The van der Waals surface area contributed by atoms with E-state index in [1.54, 1.807) is 0 Å². The van der Waals surface area contributed by atoms with Crippen molar-refractivity contribution in [1.82, 2.24) is 0 Å². The molecule has 0 radical (unpaired) electrons. The highest BCUT2D eigenvalue weighted by molar-refractivity contribution is 5.75. The molecule has 0 amide bonds. The zero-order chi connectivity index (χ0) is 26.4. The second-order valence-corrected chi connectivity index (χ2v) is 11.2. The fourth-order valence-electron chi connectivity index (χ4n) is 6.66. The van der Waals surface area contributed by atoms with Crippen LogP contribution in [0.15, 0.2) is 46.1 Å². The van der Waals surface area contributed by atoms with Crippen LogP contribution in [-0.4, -0.2) is 17.3 Å². The number of likely N-dealkylation sites (N-methyl/N-ethyl adjacent to an activating group) is 1. The molecular weight excluding hydrogens is 442 g/mol. The van der Waals surface area contributed by atoms with Gasteiger partial charge in [-0.25, -0.2) is 0 Å². The van der Waals surface area contributed by atoms with E-state index in [-0.39, 0.29) is 17.4 Å². The third-order valence-corrected chi connectivity index (χ3v) is 9.81. The van der Waals surface area contributed by atoms with Crippen LogP contribution >= 0.6 is 0 Å². The van der Waals surface area contributed by atoms with Crippen LogP contribution in [-0.2, 0) is 12.8 Å². The zero-order valence-corrected chi connectivity index (χ0v) is 23.5. The van der Waals surface area contributed by atoms with Crippen molar-refractivity contribution in [3.05, 3.63) is 107 Å². The molecule has 188 valence electrons. The molecule has 1 unspecified atom stereocenters. The van der Waals surface area contributed by atoms with Gasteiger partial charge in [-0.1, -0.05) is 12.5 Å². The first-order valence-corrected chi connectivity index (χ1v) is 13.1. The van der Waals surface area contributed by atoms with Gasteiger partial charge in [-0.3, -0.25) is 0 Å². The number of hydrogen-bond acceptors (Lipinski definition) is 3. The molecule has 0 fully saturated rings. The molecule has 1 aliphatic heterocycles.